The molecule has 11 atom stereocenters. The van der Waals surface area contributed by atoms with E-state index in [4.69, 9.17) is 28.4 Å². The van der Waals surface area contributed by atoms with Gasteiger partial charge in [-0.1, -0.05) is 134 Å². The van der Waals surface area contributed by atoms with E-state index in [9.17, 15) is 45.3 Å². The Morgan fingerprint density at radius 2 is 0.909 bits per heavy atom. The molecule has 4 unspecified atom stereocenters. The van der Waals surface area contributed by atoms with Crippen molar-refractivity contribution in [2.45, 2.75) is 248 Å². The second-order valence-electron chi connectivity index (χ2n) is 18.0. The van der Waals surface area contributed by atoms with Crippen molar-refractivity contribution in [1.29, 1.82) is 0 Å². The summed E-state index contributed by atoms with van der Waals surface area (Å²) in [5.41, 5.74) is 0. The predicted octanol–water partition coefficient (Wildman–Crippen LogP) is 6.93. The van der Waals surface area contributed by atoms with Crippen LogP contribution >= 0.6 is 0 Å². The summed E-state index contributed by atoms with van der Waals surface area (Å²) in [7, 11) is 0. The highest BCUT2D eigenvalue weighted by atomic mass is 16.7. The number of aliphatic hydroxyl groups excluding tert-OH is 7. The van der Waals surface area contributed by atoms with Crippen molar-refractivity contribution in [2.75, 3.05) is 26.4 Å². The second kappa shape index (κ2) is 38.6. The molecule has 384 valence electrons. The number of carbonyl (C=O) groups excluding carboxylic acids is 2. The summed E-state index contributed by atoms with van der Waals surface area (Å²) in [5, 5.41) is 72.0. The molecule has 0 bridgehead atoms. The van der Waals surface area contributed by atoms with Gasteiger partial charge in [-0.2, -0.15) is 0 Å². The number of rotatable bonds is 39. The average Bonchev–Trinajstić information content (AvgIpc) is 3.31. The number of carbonyl (C=O) groups is 2. The summed E-state index contributed by atoms with van der Waals surface area (Å²) < 4.78 is 33.5. The van der Waals surface area contributed by atoms with Gasteiger partial charge in [0.1, 0.15) is 55.4 Å². The van der Waals surface area contributed by atoms with E-state index < -0.39 is 99.3 Å². The third-order valence-corrected chi connectivity index (χ3v) is 12.1. The molecule has 2 aliphatic heterocycles. The van der Waals surface area contributed by atoms with Gasteiger partial charge >= 0.3 is 11.9 Å². The minimum atomic E-state index is -1.77. The number of hydrogen-bond acceptors (Lipinski definition) is 15. The fraction of sp³-hybridized carbons (Fsp3) is 0.843. The number of aliphatic hydroxyl groups is 7. The molecule has 7 N–H and O–H groups in total. The standard InChI is InChI=1S/C51H90O15/c1-3-5-7-9-11-13-15-17-19-21-23-25-27-29-31-33-42(53)61-36-39(64-43(54)34-32-30-28-26-24-22-20-18-16-14-12-10-8-6-4-2)37-62-50-49(60)47(58)45(56)41(66-50)38-63-51-48(59)46(57)44(55)40(35-52)65-51/h18,20-21,23-24,26,39-41,44-52,55-60H,3-17,19,22,25,27-38H2,1-2H3/b20-18+,23-21+,26-24+/t39-,40-,41-,44+,45+,46?,47?,48?,49?,50-,51-/m1/s1. The van der Waals surface area contributed by atoms with Crippen LogP contribution in [0.4, 0.5) is 0 Å². The zero-order valence-electron chi connectivity index (χ0n) is 40.4. The van der Waals surface area contributed by atoms with E-state index in [0.29, 0.717) is 12.8 Å². The normalized spacial score (nSPS) is 26.4. The Hall–Kier alpha value is -2.28. The number of hydrogen-bond donors (Lipinski definition) is 7. The molecule has 0 aromatic carbocycles. The maximum absolute atomic E-state index is 13.0. The van der Waals surface area contributed by atoms with Crippen molar-refractivity contribution < 1.29 is 73.8 Å². The molecular weight excluding hydrogens is 853 g/mol. The van der Waals surface area contributed by atoms with E-state index >= 15 is 0 Å². The van der Waals surface area contributed by atoms with Crippen LogP contribution in [-0.4, -0.2) is 142 Å². The topological polar surface area (TPSA) is 231 Å². The largest absolute Gasteiger partial charge is 0.462 e. The summed E-state index contributed by atoms with van der Waals surface area (Å²) in [6, 6.07) is 0. The van der Waals surface area contributed by atoms with E-state index in [1.54, 1.807) is 0 Å². The molecule has 2 heterocycles. The van der Waals surface area contributed by atoms with Crippen molar-refractivity contribution in [3.05, 3.63) is 36.5 Å². The quantitative estimate of drug-likeness (QED) is 0.0188. The fourth-order valence-corrected chi connectivity index (χ4v) is 7.83. The Bertz CT molecular complexity index is 1290. The highest BCUT2D eigenvalue weighted by Gasteiger charge is 2.47. The van der Waals surface area contributed by atoms with Crippen LogP contribution in [0.1, 0.15) is 181 Å². The van der Waals surface area contributed by atoms with Crippen molar-refractivity contribution in [2.24, 2.45) is 0 Å². The van der Waals surface area contributed by atoms with Crippen LogP contribution in [-0.2, 0) is 38.0 Å². The molecule has 15 nitrogen and oxygen atoms in total. The van der Waals surface area contributed by atoms with Gasteiger partial charge in [-0.05, 0) is 70.6 Å². The van der Waals surface area contributed by atoms with E-state index in [2.05, 4.69) is 50.3 Å². The molecular formula is C51H90O15. The summed E-state index contributed by atoms with van der Waals surface area (Å²) in [4.78, 5) is 25.7. The van der Waals surface area contributed by atoms with Gasteiger partial charge in [-0.15, -0.1) is 0 Å². The molecule has 2 fully saturated rings. The van der Waals surface area contributed by atoms with E-state index in [1.165, 1.54) is 89.9 Å². The lowest BCUT2D eigenvalue weighted by Gasteiger charge is -2.42. The van der Waals surface area contributed by atoms with Crippen LogP contribution in [0.25, 0.3) is 0 Å². The van der Waals surface area contributed by atoms with Crippen molar-refractivity contribution >= 4 is 11.9 Å². The fourth-order valence-electron chi connectivity index (χ4n) is 7.83. The molecule has 0 aliphatic carbocycles. The summed E-state index contributed by atoms with van der Waals surface area (Å²) >= 11 is 0. The van der Waals surface area contributed by atoms with Crippen LogP contribution in [0.2, 0.25) is 0 Å². The molecule has 0 radical (unpaired) electrons. The molecule has 0 saturated carbocycles. The molecule has 0 amide bonds. The lowest BCUT2D eigenvalue weighted by molar-refractivity contribution is -0.332. The van der Waals surface area contributed by atoms with Crippen LogP contribution in [0, 0.1) is 0 Å². The monoisotopic (exact) mass is 943 g/mol. The third kappa shape index (κ3) is 26.5. The maximum Gasteiger partial charge on any atom is 0.306 e. The Kier molecular flexibility index (Phi) is 35.0. The maximum atomic E-state index is 13.0. The molecule has 66 heavy (non-hydrogen) atoms. The Labute approximate surface area is 395 Å². The van der Waals surface area contributed by atoms with Crippen LogP contribution in [0.3, 0.4) is 0 Å². The number of unbranched alkanes of at least 4 members (excludes halogenated alkanes) is 19. The number of ether oxygens (including phenoxy) is 6. The van der Waals surface area contributed by atoms with Crippen molar-refractivity contribution in [3.63, 3.8) is 0 Å². The van der Waals surface area contributed by atoms with Gasteiger partial charge in [0.05, 0.1) is 19.8 Å². The molecule has 2 rings (SSSR count). The Morgan fingerprint density at radius 3 is 1.45 bits per heavy atom. The first-order valence-corrected chi connectivity index (χ1v) is 25.6. The van der Waals surface area contributed by atoms with Gasteiger partial charge in [0, 0.05) is 12.8 Å². The minimum absolute atomic E-state index is 0.120. The smallest absolute Gasteiger partial charge is 0.306 e. The van der Waals surface area contributed by atoms with Crippen molar-refractivity contribution in [1.82, 2.24) is 0 Å². The molecule has 2 saturated heterocycles. The van der Waals surface area contributed by atoms with Gasteiger partial charge in [-0.25, -0.2) is 0 Å². The first-order valence-electron chi connectivity index (χ1n) is 25.6. The highest BCUT2D eigenvalue weighted by Crippen LogP contribution is 2.26. The van der Waals surface area contributed by atoms with Gasteiger partial charge in [0.2, 0.25) is 0 Å². The molecule has 0 aromatic heterocycles. The van der Waals surface area contributed by atoms with Crippen LogP contribution in [0.15, 0.2) is 36.5 Å². The van der Waals surface area contributed by atoms with Crippen molar-refractivity contribution in [3.8, 4) is 0 Å². The first kappa shape index (κ1) is 59.8. The Morgan fingerprint density at radius 1 is 0.485 bits per heavy atom. The summed E-state index contributed by atoms with van der Waals surface area (Å²) in [5.74, 6) is -0.980. The predicted molar refractivity (Wildman–Crippen MR) is 252 cm³/mol. The minimum Gasteiger partial charge on any atom is -0.462 e. The average molecular weight is 943 g/mol. The van der Waals surface area contributed by atoms with Gasteiger partial charge in [-0.3, -0.25) is 9.59 Å². The number of esters is 2. The van der Waals surface area contributed by atoms with Gasteiger partial charge in [0.25, 0.3) is 0 Å². The third-order valence-electron chi connectivity index (χ3n) is 12.1. The zero-order chi connectivity index (χ0) is 48.2. The van der Waals surface area contributed by atoms with Gasteiger partial charge < -0.3 is 64.2 Å². The highest BCUT2D eigenvalue weighted by molar-refractivity contribution is 5.70. The first-order chi connectivity index (χ1) is 32.0. The van der Waals surface area contributed by atoms with E-state index in [1.807, 2.05) is 0 Å². The lowest BCUT2D eigenvalue weighted by Crippen LogP contribution is -2.61. The van der Waals surface area contributed by atoms with E-state index in [-0.39, 0.29) is 19.4 Å². The lowest BCUT2D eigenvalue weighted by atomic mass is 9.98. The molecule has 0 aromatic rings. The SMILES string of the molecule is CCCCCCCC/C=C/C/C=C/CCCCC(=O)O[C@H](COC(=O)CCCCC/C=C/CCCCCCCCCC)CO[C@@H]1O[C@H](CO[C@@H]2O[C@H](CO)[C@H](O)C(O)C2O)[C@H](O)C(O)C1O. The second-order valence-corrected chi connectivity index (χ2v) is 18.0. The summed E-state index contributed by atoms with van der Waals surface area (Å²) in [6.45, 7) is 2.53. The zero-order valence-corrected chi connectivity index (χ0v) is 40.4. The Balaban J connectivity index is 1.84. The van der Waals surface area contributed by atoms with Gasteiger partial charge in [0.15, 0.2) is 18.7 Å². The van der Waals surface area contributed by atoms with E-state index in [0.717, 1.165) is 51.4 Å². The summed E-state index contributed by atoms with van der Waals surface area (Å²) in [6.07, 6.45) is 23.2. The molecule has 0 spiro atoms. The molecule has 15 heteroatoms. The molecule has 2 aliphatic rings. The van der Waals surface area contributed by atoms with Crippen LogP contribution < -0.4 is 0 Å². The van der Waals surface area contributed by atoms with Crippen LogP contribution in [0.5, 0.6) is 0 Å². The number of allylic oxidation sites excluding steroid dienone is 6.